The van der Waals surface area contributed by atoms with E-state index in [0.717, 1.165) is 5.69 Å². The van der Waals surface area contributed by atoms with E-state index in [1.807, 2.05) is 31.1 Å². The summed E-state index contributed by atoms with van der Waals surface area (Å²) in [5.41, 5.74) is 2.29. The molecular weight excluding hydrogens is 348 g/mol. The van der Waals surface area contributed by atoms with Crippen molar-refractivity contribution in [2.24, 2.45) is 5.92 Å². The van der Waals surface area contributed by atoms with Gasteiger partial charge in [-0.15, -0.1) is 0 Å². The standard InChI is InChI=1S/C20H26N2O5/c1-13(5-10-18(24)21-17(12-23)20(26)27)11-14(2)19(25)15-6-8-16(9-7-15)22(3)4/h5-11,14,17,23H,12H2,1-4H3,(H,21,24)(H,26,27)/b10-5+,13-11+/t14-,17+/m1/s1. The van der Waals surface area contributed by atoms with Crippen molar-refractivity contribution in [3.63, 3.8) is 0 Å². The monoisotopic (exact) mass is 374 g/mol. The molecule has 0 unspecified atom stereocenters. The molecule has 0 radical (unpaired) electrons. The molecule has 1 aromatic carbocycles. The van der Waals surface area contributed by atoms with Crippen molar-refractivity contribution in [3.8, 4) is 0 Å². The number of Topliss-reactive ketones (excluding diaryl/α,β-unsaturated/α-hetero) is 1. The van der Waals surface area contributed by atoms with Crippen molar-refractivity contribution in [1.29, 1.82) is 0 Å². The number of anilines is 1. The van der Waals surface area contributed by atoms with Crippen LogP contribution in [0.15, 0.2) is 48.1 Å². The zero-order valence-electron chi connectivity index (χ0n) is 16.0. The van der Waals surface area contributed by atoms with Gasteiger partial charge in [0.2, 0.25) is 5.91 Å². The number of carbonyl (C=O) groups is 3. The number of allylic oxidation sites excluding steroid dienone is 3. The normalized spacial score (nSPS) is 13.9. The Bertz CT molecular complexity index is 735. The first kappa shape index (κ1) is 22.1. The third-order valence-corrected chi connectivity index (χ3v) is 3.89. The van der Waals surface area contributed by atoms with Crippen LogP contribution >= 0.6 is 0 Å². The molecular formula is C20H26N2O5. The molecule has 3 N–H and O–H groups in total. The van der Waals surface area contributed by atoms with E-state index in [4.69, 9.17) is 10.2 Å². The average Bonchev–Trinajstić information content (AvgIpc) is 2.63. The Labute approximate surface area is 159 Å². The van der Waals surface area contributed by atoms with Gasteiger partial charge in [0.25, 0.3) is 0 Å². The van der Waals surface area contributed by atoms with Crippen molar-refractivity contribution in [2.45, 2.75) is 19.9 Å². The SMILES string of the molecule is CC(/C=C/C(=O)N[C@@H](CO)C(=O)O)=C\[C@@H](C)C(=O)c1ccc(N(C)C)cc1. The van der Waals surface area contributed by atoms with E-state index in [9.17, 15) is 14.4 Å². The lowest BCUT2D eigenvalue weighted by molar-refractivity contribution is -0.142. The third kappa shape index (κ3) is 7.07. The summed E-state index contributed by atoms with van der Waals surface area (Å²) in [5.74, 6) is -2.37. The molecule has 1 amide bonds. The molecule has 1 aromatic rings. The minimum atomic E-state index is -1.35. The van der Waals surface area contributed by atoms with Gasteiger partial charge in [-0.3, -0.25) is 9.59 Å². The van der Waals surface area contributed by atoms with Crippen LogP contribution < -0.4 is 10.2 Å². The fraction of sp³-hybridized carbons (Fsp3) is 0.350. The van der Waals surface area contributed by atoms with Crippen LogP contribution in [0.4, 0.5) is 5.69 Å². The maximum atomic E-state index is 12.5. The molecule has 0 saturated carbocycles. The van der Waals surface area contributed by atoms with Crippen LogP contribution in [0, 0.1) is 5.92 Å². The Morgan fingerprint density at radius 2 is 1.74 bits per heavy atom. The van der Waals surface area contributed by atoms with Crippen molar-refractivity contribution in [2.75, 3.05) is 25.6 Å². The number of rotatable bonds is 9. The van der Waals surface area contributed by atoms with Gasteiger partial charge in [0.1, 0.15) is 0 Å². The summed E-state index contributed by atoms with van der Waals surface area (Å²) in [4.78, 5) is 36.9. The highest BCUT2D eigenvalue weighted by Gasteiger charge is 2.17. The number of aliphatic carboxylic acids is 1. The van der Waals surface area contributed by atoms with E-state index in [1.165, 1.54) is 12.2 Å². The molecule has 0 spiro atoms. The number of carboxylic acid groups (broad SMARTS) is 1. The Morgan fingerprint density at radius 1 is 1.15 bits per heavy atom. The highest BCUT2D eigenvalue weighted by atomic mass is 16.4. The van der Waals surface area contributed by atoms with Gasteiger partial charge in [0.15, 0.2) is 11.8 Å². The van der Waals surface area contributed by atoms with Gasteiger partial charge < -0.3 is 20.4 Å². The largest absolute Gasteiger partial charge is 0.480 e. The van der Waals surface area contributed by atoms with E-state index in [0.29, 0.717) is 11.1 Å². The second kappa shape index (κ2) is 10.3. The fourth-order valence-corrected chi connectivity index (χ4v) is 2.32. The number of aliphatic hydroxyl groups excluding tert-OH is 1. The third-order valence-electron chi connectivity index (χ3n) is 3.89. The molecule has 0 bridgehead atoms. The first-order chi connectivity index (χ1) is 12.6. The molecule has 0 saturated heterocycles. The summed E-state index contributed by atoms with van der Waals surface area (Å²) in [5, 5.41) is 19.8. The molecule has 0 fully saturated rings. The lowest BCUT2D eigenvalue weighted by Crippen LogP contribution is -2.42. The van der Waals surface area contributed by atoms with Gasteiger partial charge in [-0.2, -0.15) is 0 Å². The Kier molecular flexibility index (Phi) is 8.41. The Morgan fingerprint density at radius 3 is 2.22 bits per heavy atom. The summed E-state index contributed by atoms with van der Waals surface area (Å²) in [6, 6.07) is 5.96. The smallest absolute Gasteiger partial charge is 0.328 e. The maximum Gasteiger partial charge on any atom is 0.328 e. The number of ketones is 1. The number of nitrogens with one attached hydrogen (secondary N) is 1. The predicted molar refractivity (Wildman–Crippen MR) is 104 cm³/mol. The number of hydrogen-bond acceptors (Lipinski definition) is 5. The molecule has 0 aromatic heterocycles. The van der Waals surface area contributed by atoms with Crippen LogP contribution in [-0.2, 0) is 9.59 Å². The van der Waals surface area contributed by atoms with Crippen LogP contribution in [0.5, 0.6) is 0 Å². The number of amides is 1. The highest BCUT2D eigenvalue weighted by Crippen LogP contribution is 2.17. The second-order valence-electron chi connectivity index (χ2n) is 6.42. The first-order valence-corrected chi connectivity index (χ1v) is 8.48. The Hall–Kier alpha value is -2.93. The summed E-state index contributed by atoms with van der Waals surface area (Å²) in [7, 11) is 3.85. The molecule has 0 heterocycles. The van der Waals surface area contributed by atoms with Crippen molar-refractivity contribution >= 4 is 23.3 Å². The van der Waals surface area contributed by atoms with Gasteiger partial charge in [0, 0.05) is 37.3 Å². The lowest BCUT2D eigenvalue weighted by atomic mass is 9.97. The van der Waals surface area contributed by atoms with Crippen molar-refractivity contribution in [1.82, 2.24) is 5.32 Å². The zero-order valence-corrected chi connectivity index (χ0v) is 16.0. The predicted octanol–water partition coefficient (Wildman–Crippen LogP) is 1.64. The van der Waals surface area contributed by atoms with Gasteiger partial charge in [0.05, 0.1) is 6.61 Å². The number of benzene rings is 1. The summed E-state index contributed by atoms with van der Waals surface area (Å²) < 4.78 is 0. The highest BCUT2D eigenvalue weighted by molar-refractivity contribution is 5.99. The molecule has 1 rings (SSSR count). The van der Waals surface area contributed by atoms with Gasteiger partial charge >= 0.3 is 5.97 Å². The van der Waals surface area contributed by atoms with E-state index in [2.05, 4.69) is 5.32 Å². The summed E-state index contributed by atoms with van der Waals surface area (Å²) in [6.45, 7) is 2.82. The van der Waals surface area contributed by atoms with Crippen LogP contribution in [0.25, 0.3) is 0 Å². The molecule has 0 aliphatic rings. The minimum absolute atomic E-state index is 0.0382. The molecule has 27 heavy (non-hydrogen) atoms. The van der Waals surface area contributed by atoms with Crippen LogP contribution in [0.3, 0.4) is 0 Å². The van der Waals surface area contributed by atoms with Gasteiger partial charge in [-0.25, -0.2) is 4.79 Å². The quantitative estimate of drug-likeness (QED) is 0.345. The lowest BCUT2D eigenvalue weighted by Gasteiger charge is -2.13. The number of aliphatic hydroxyl groups is 1. The number of carboxylic acids is 1. The Balaban J connectivity index is 2.73. The molecule has 0 aliphatic heterocycles. The van der Waals surface area contributed by atoms with E-state index in [-0.39, 0.29) is 11.7 Å². The first-order valence-electron chi connectivity index (χ1n) is 8.48. The summed E-state index contributed by atoms with van der Waals surface area (Å²) >= 11 is 0. The van der Waals surface area contributed by atoms with Crippen LogP contribution in [0.2, 0.25) is 0 Å². The summed E-state index contributed by atoms with van der Waals surface area (Å²) in [6.07, 6.45) is 4.39. The zero-order chi connectivity index (χ0) is 20.6. The number of carbonyl (C=O) groups excluding carboxylic acids is 2. The topological polar surface area (TPSA) is 107 Å². The number of nitrogens with zero attached hydrogens (tertiary/aromatic N) is 1. The van der Waals surface area contributed by atoms with E-state index >= 15 is 0 Å². The van der Waals surface area contributed by atoms with E-state index < -0.39 is 24.5 Å². The molecule has 7 heteroatoms. The van der Waals surface area contributed by atoms with E-state index in [1.54, 1.807) is 32.1 Å². The molecule has 7 nitrogen and oxygen atoms in total. The van der Waals surface area contributed by atoms with Crippen LogP contribution in [-0.4, -0.2) is 54.6 Å². The van der Waals surface area contributed by atoms with Gasteiger partial charge in [-0.1, -0.05) is 24.6 Å². The fourth-order valence-electron chi connectivity index (χ4n) is 2.32. The molecule has 146 valence electrons. The minimum Gasteiger partial charge on any atom is -0.480 e. The second-order valence-corrected chi connectivity index (χ2v) is 6.42. The number of hydrogen-bond donors (Lipinski definition) is 3. The molecule has 2 atom stereocenters. The maximum absolute atomic E-state index is 12.5. The van der Waals surface area contributed by atoms with Crippen molar-refractivity contribution in [3.05, 3.63) is 53.6 Å². The van der Waals surface area contributed by atoms with Crippen LogP contribution in [0.1, 0.15) is 24.2 Å². The average molecular weight is 374 g/mol. The van der Waals surface area contributed by atoms with Gasteiger partial charge in [-0.05, 0) is 31.2 Å². The van der Waals surface area contributed by atoms with Crippen molar-refractivity contribution < 1.29 is 24.6 Å². The molecule has 0 aliphatic carbocycles.